The summed E-state index contributed by atoms with van der Waals surface area (Å²) in [6, 6.07) is 0.842. The van der Waals surface area contributed by atoms with E-state index in [9.17, 15) is 32.5 Å². The Morgan fingerprint density at radius 1 is 1.35 bits per heavy atom. The van der Waals surface area contributed by atoms with Gasteiger partial charge in [-0.15, -0.1) is 0 Å². The van der Waals surface area contributed by atoms with E-state index >= 15 is 0 Å². The lowest BCUT2D eigenvalue weighted by atomic mass is 10.0. The lowest BCUT2D eigenvalue weighted by molar-refractivity contribution is -0.385. The standard InChI is InChI=1S/C9H5F4NO3/c1-4(15)7-6(14(16)17)3-2-5(10)8(7)9(11,12)13/h2-3H,1H3. The Kier molecular flexibility index (Phi) is 3.16. The van der Waals surface area contributed by atoms with Gasteiger partial charge in [-0.1, -0.05) is 0 Å². The first-order chi connectivity index (χ1) is 7.66. The number of ketones is 1. The van der Waals surface area contributed by atoms with Crippen molar-refractivity contribution in [2.45, 2.75) is 13.1 Å². The van der Waals surface area contributed by atoms with Crippen LogP contribution in [-0.4, -0.2) is 10.7 Å². The zero-order valence-electron chi connectivity index (χ0n) is 8.34. The van der Waals surface area contributed by atoms with Crippen molar-refractivity contribution in [3.63, 3.8) is 0 Å². The molecule has 8 heteroatoms. The van der Waals surface area contributed by atoms with Crippen LogP contribution in [0.15, 0.2) is 12.1 Å². The van der Waals surface area contributed by atoms with E-state index < -0.39 is 39.5 Å². The number of nitrogens with zero attached hydrogens (tertiary/aromatic N) is 1. The van der Waals surface area contributed by atoms with Crippen molar-refractivity contribution in [3.05, 3.63) is 39.2 Å². The predicted molar refractivity (Wildman–Crippen MR) is 48.1 cm³/mol. The minimum absolute atomic E-state index is 0.313. The van der Waals surface area contributed by atoms with E-state index in [-0.39, 0.29) is 0 Å². The molecule has 0 N–H and O–H groups in total. The van der Waals surface area contributed by atoms with Crippen LogP contribution in [-0.2, 0) is 6.18 Å². The van der Waals surface area contributed by atoms with Gasteiger partial charge in [-0.2, -0.15) is 13.2 Å². The second kappa shape index (κ2) is 4.11. The third kappa shape index (κ3) is 2.40. The van der Waals surface area contributed by atoms with Gasteiger partial charge in [0, 0.05) is 6.07 Å². The second-order valence-corrected chi connectivity index (χ2v) is 3.13. The Hall–Kier alpha value is -1.99. The molecule has 0 aliphatic heterocycles. The molecule has 0 saturated carbocycles. The molecule has 0 unspecified atom stereocenters. The largest absolute Gasteiger partial charge is 0.420 e. The maximum Gasteiger partial charge on any atom is 0.420 e. The van der Waals surface area contributed by atoms with Gasteiger partial charge in [-0.05, 0) is 13.0 Å². The maximum absolute atomic E-state index is 13.1. The van der Waals surface area contributed by atoms with Crippen molar-refractivity contribution in [3.8, 4) is 0 Å². The van der Waals surface area contributed by atoms with E-state index in [2.05, 4.69) is 0 Å². The summed E-state index contributed by atoms with van der Waals surface area (Å²) in [6.45, 7) is 0.705. The fourth-order valence-electron chi connectivity index (χ4n) is 1.35. The van der Waals surface area contributed by atoms with Gasteiger partial charge in [-0.3, -0.25) is 14.9 Å². The number of hydrogen-bond donors (Lipinski definition) is 0. The zero-order valence-corrected chi connectivity index (χ0v) is 8.34. The Balaban J connectivity index is 3.73. The highest BCUT2D eigenvalue weighted by Crippen LogP contribution is 2.37. The zero-order chi connectivity index (χ0) is 13.4. The molecule has 1 rings (SSSR count). The summed E-state index contributed by atoms with van der Waals surface area (Å²) in [7, 11) is 0. The van der Waals surface area contributed by atoms with Gasteiger partial charge in [0.15, 0.2) is 5.78 Å². The van der Waals surface area contributed by atoms with Crippen molar-refractivity contribution in [1.82, 2.24) is 0 Å². The number of benzene rings is 1. The summed E-state index contributed by atoms with van der Waals surface area (Å²) in [5, 5.41) is 10.5. The molecule has 0 atom stereocenters. The van der Waals surface area contributed by atoms with Crippen LogP contribution in [0.2, 0.25) is 0 Å². The highest BCUT2D eigenvalue weighted by atomic mass is 19.4. The van der Waals surface area contributed by atoms with Gasteiger partial charge in [0.2, 0.25) is 0 Å². The predicted octanol–water partition coefficient (Wildman–Crippen LogP) is 2.96. The SMILES string of the molecule is CC(=O)c1c([N+](=O)[O-])ccc(F)c1C(F)(F)F. The smallest absolute Gasteiger partial charge is 0.294 e. The van der Waals surface area contributed by atoms with Crippen molar-refractivity contribution < 1.29 is 27.3 Å². The monoisotopic (exact) mass is 251 g/mol. The van der Waals surface area contributed by atoms with Gasteiger partial charge in [0.25, 0.3) is 5.69 Å². The molecule has 0 heterocycles. The van der Waals surface area contributed by atoms with Crippen LogP contribution >= 0.6 is 0 Å². The highest BCUT2D eigenvalue weighted by molar-refractivity contribution is 5.99. The first kappa shape index (κ1) is 13.1. The Labute approximate surface area is 92.0 Å². The number of nitro groups is 1. The number of rotatable bonds is 2. The molecule has 0 spiro atoms. The number of hydrogen-bond acceptors (Lipinski definition) is 3. The molecule has 0 bridgehead atoms. The van der Waals surface area contributed by atoms with E-state index in [1.807, 2.05) is 0 Å². The topological polar surface area (TPSA) is 60.2 Å². The number of alkyl halides is 3. The van der Waals surface area contributed by atoms with Crippen LogP contribution in [0.5, 0.6) is 0 Å². The second-order valence-electron chi connectivity index (χ2n) is 3.13. The lowest BCUT2D eigenvalue weighted by Gasteiger charge is -2.11. The van der Waals surface area contributed by atoms with Crippen LogP contribution in [0.4, 0.5) is 23.2 Å². The van der Waals surface area contributed by atoms with E-state index in [4.69, 9.17) is 0 Å². The van der Waals surface area contributed by atoms with Gasteiger partial charge >= 0.3 is 6.18 Å². The molecule has 1 aromatic rings. The molecule has 92 valence electrons. The molecule has 1 aromatic carbocycles. The first-order valence-corrected chi connectivity index (χ1v) is 4.21. The molecule has 0 fully saturated rings. The summed E-state index contributed by atoms with van der Waals surface area (Å²) >= 11 is 0. The van der Waals surface area contributed by atoms with Crippen molar-refractivity contribution >= 4 is 11.5 Å². The molecule has 0 radical (unpaired) electrons. The number of halogens is 4. The van der Waals surface area contributed by atoms with E-state index in [1.165, 1.54) is 0 Å². The Bertz CT molecular complexity index is 496. The van der Waals surface area contributed by atoms with Gasteiger partial charge in [0.1, 0.15) is 16.9 Å². The van der Waals surface area contributed by atoms with Crippen molar-refractivity contribution in [2.75, 3.05) is 0 Å². The third-order valence-corrected chi connectivity index (χ3v) is 1.96. The van der Waals surface area contributed by atoms with Gasteiger partial charge in [-0.25, -0.2) is 4.39 Å². The number of Topliss-reactive ketones (excluding diaryl/α,β-unsaturated/α-hetero) is 1. The number of nitro benzene ring substituents is 1. The summed E-state index contributed by atoms with van der Waals surface area (Å²) in [5.41, 5.74) is -4.23. The normalized spacial score (nSPS) is 11.4. The molecule has 4 nitrogen and oxygen atoms in total. The van der Waals surface area contributed by atoms with E-state index in [0.29, 0.717) is 19.1 Å². The molecule has 0 saturated heterocycles. The highest BCUT2D eigenvalue weighted by Gasteiger charge is 2.41. The van der Waals surface area contributed by atoms with Crippen LogP contribution in [0.3, 0.4) is 0 Å². The van der Waals surface area contributed by atoms with Crippen molar-refractivity contribution in [1.29, 1.82) is 0 Å². The molecule has 0 aliphatic rings. The molecular weight excluding hydrogens is 246 g/mol. The van der Waals surface area contributed by atoms with E-state index in [0.717, 1.165) is 0 Å². The van der Waals surface area contributed by atoms with Crippen LogP contribution in [0.1, 0.15) is 22.8 Å². The maximum atomic E-state index is 13.1. The average molecular weight is 251 g/mol. The average Bonchev–Trinajstić information content (AvgIpc) is 2.14. The molecule has 0 aliphatic carbocycles. The van der Waals surface area contributed by atoms with Gasteiger partial charge in [0.05, 0.1) is 4.92 Å². The number of carbonyl (C=O) groups is 1. The first-order valence-electron chi connectivity index (χ1n) is 4.21. The van der Waals surface area contributed by atoms with E-state index in [1.54, 1.807) is 0 Å². The number of carbonyl (C=O) groups excluding carboxylic acids is 1. The lowest BCUT2D eigenvalue weighted by Crippen LogP contribution is -2.16. The molecular formula is C9H5F4NO3. The molecule has 0 aromatic heterocycles. The quantitative estimate of drug-likeness (QED) is 0.351. The minimum Gasteiger partial charge on any atom is -0.294 e. The fourth-order valence-corrected chi connectivity index (χ4v) is 1.35. The Morgan fingerprint density at radius 2 is 1.88 bits per heavy atom. The molecule has 17 heavy (non-hydrogen) atoms. The van der Waals surface area contributed by atoms with Gasteiger partial charge < -0.3 is 0 Å². The summed E-state index contributed by atoms with van der Waals surface area (Å²) in [6.07, 6.45) is -5.17. The third-order valence-electron chi connectivity index (χ3n) is 1.96. The van der Waals surface area contributed by atoms with Crippen molar-refractivity contribution in [2.24, 2.45) is 0 Å². The Morgan fingerprint density at radius 3 is 2.24 bits per heavy atom. The van der Waals surface area contributed by atoms with Crippen LogP contribution in [0.25, 0.3) is 0 Å². The summed E-state index contributed by atoms with van der Waals surface area (Å²) < 4.78 is 50.5. The fraction of sp³-hybridized carbons (Fsp3) is 0.222. The van der Waals surface area contributed by atoms with Crippen LogP contribution in [0, 0.1) is 15.9 Å². The molecule has 0 amide bonds. The summed E-state index contributed by atoms with van der Waals surface area (Å²) in [4.78, 5) is 20.3. The summed E-state index contributed by atoms with van der Waals surface area (Å²) in [5.74, 6) is -2.93. The van der Waals surface area contributed by atoms with Crippen LogP contribution < -0.4 is 0 Å². The minimum atomic E-state index is -5.17.